The molecule has 178 valence electrons. The maximum atomic E-state index is 11.3. The van der Waals surface area contributed by atoms with E-state index in [1.54, 1.807) is 36.7 Å². The maximum Gasteiger partial charge on any atom is 0.308 e. The monoisotopic (exact) mass is 478 g/mol. The highest BCUT2D eigenvalue weighted by Crippen LogP contribution is 2.29. The summed E-state index contributed by atoms with van der Waals surface area (Å²) in [6.45, 7) is 2.74. The number of aromatic amines is 2. The largest absolute Gasteiger partial charge is 0.427 e. The van der Waals surface area contributed by atoms with Crippen molar-refractivity contribution in [1.29, 1.82) is 0 Å². The zero-order chi connectivity index (χ0) is 25.1. The third-order valence-corrected chi connectivity index (χ3v) is 5.37. The molecule has 3 aromatic carbocycles. The predicted octanol–water partition coefficient (Wildman–Crippen LogP) is 5.65. The lowest BCUT2D eigenvalue weighted by Gasteiger charge is -2.04. The van der Waals surface area contributed by atoms with E-state index in [1.807, 2.05) is 48.5 Å². The first-order valence-corrected chi connectivity index (χ1v) is 11.2. The van der Waals surface area contributed by atoms with E-state index < -0.39 is 0 Å². The molecule has 5 aromatic rings. The number of hydrogen-bond acceptors (Lipinski definition) is 6. The van der Waals surface area contributed by atoms with E-state index in [1.165, 1.54) is 13.8 Å². The third-order valence-electron chi connectivity index (χ3n) is 5.37. The molecular formula is C28H22N4O4. The summed E-state index contributed by atoms with van der Waals surface area (Å²) in [6.07, 6.45) is 3.49. The number of H-pyrrole nitrogens is 2. The quantitative estimate of drug-likeness (QED) is 0.241. The Morgan fingerprint density at radius 2 is 1.03 bits per heavy atom. The van der Waals surface area contributed by atoms with Crippen LogP contribution in [0.5, 0.6) is 11.5 Å². The van der Waals surface area contributed by atoms with Gasteiger partial charge in [0.15, 0.2) is 0 Å². The zero-order valence-electron chi connectivity index (χ0n) is 19.6. The highest BCUT2D eigenvalue weighted by molar-refractivity contribution is 5.73. The van der Waals surface area contributed by atoms with Crippen LogP contribution in [-0.4, -0.2) is 31.9 Å². The molecule has 0 aliphatic heterocycles. The number of aromatic nitrogens is 4. The summed E-state index contributed by atoms with van der Waals surface area (Å²) in [4.78, 5) is 38.3. The Morgan fingerprint density at radius 3 is 1.47 bits per heavy atom. The molecule has 0 saturated heterocycles. The fourth-order valence-electron chi connectivity index (χ4n) is 3.83. The number of nitrogens with one attached hydrogen (secondary N) is 2. The first kappa shape index (κ1) is 22.8. The Bertz CT molecular complexity index is 1450. The highest BCUT2D eigenvalue weighted by atomic mass is 16.5. The lowest BCUT2D eigenvalue weighted by Crippen LogP contribution is -2.01. The van der Waals surface area contributed by atoms with Crippen LogP contribution < -0.4 is 9.47 Å². The minimum absolute atomic E-state index is 0.368. The van der Waals surface area contributed by atoms with Gasteiger partial charge in [0, 0.05) is 36.1 Å². The van der Waals surface area contributed by atoms with Gasteiger partial charge in [0.05, 0.1) is 23.8 Å². The van der Waals surface area contributed by atoms with Crippen LogP contribution in [0.1, 0.15) is 13.8 Å². The van der Waals surface area contributed by atoms with Gasteiger partial charge in [0.1, 0.15) is 23.1 Å². The fraction of sp³-hybridized carbons (Fsp3) is 0.0714. The van der Waals surface area contributed by atoms with Gasteiger partial charge in [-0.05, 0) is 30.3 Å². The maximum absolute atomic E-state index is 11.3. The summed E-state index contributed by atoms with van der Waals surface area (Å²) >= 11 is 0. The molecule has 0 aliphatic carbocycles. The molecule has 0 unspecified atom stereocenters. The Balaban J connectivity index is 1.39. The van der Waals surface area contributed by atoms with Gasteiger partial charge in [-0.25, -0.2) is 9.97 Å². The molecule has 0 spiro atoms. The Labute approximate surface area is 207 Å². The van der Waals surface area contributed by atoms with Crippen LogP contribution in [0.15, 0.2) is 85.2 Å². The molecule has 8 nitrogen and oxygen atoms in total. The van der Waals surface area contributed by atoms with Crippen LogP contribution in [0.3, 0.4) is 0 Å². The molecule has 0 radical (unpaired) electrons. The molecule has 0 bridgehead atoms. The van der Waals surface area contributed by atoms with Crippen LogP contribution in [0.25, 0.3) is 45.3 Å². The van der Waals surface area contributed by atoms with Gasteiger partial charge in [-0.2, -0.15) is 0 Å². The summed E-state index contributed by atoms with van der Waals surface area (Å²) < 4.78 is 10.4. The summed E-state index contributed by atoms with van der Waals surface area (Å²) in [5.74, 6) is 1.62. The van der Waals surface area contributed by atoms with Crippen molar-refractivity contribution in [3.8, 4) is 56.8 Å². The number of nitrogens with zero attached hydrogens (tertiary/aromatic N) is 2. The number of rotatable bonds is 6. The predicted molar refractivity (Wildman–Crippen MR) is 135 cm³/mol. The van der Waals surface area contributed by atoms with Crippen molar-refractivity contribution in [2.24, 2.45) is 0 Å². The molecule has 5 rings (SSSR count). The number of ether oxygens (including phenoxy) is 2. The van der Waals surface area contributed by atoms with Gasteiger partial charge < -0.3 is 19.4 Å². The fourth-order valence-corrected chi connectivity index (χ4v) is 3.83. The van der Waals surface area contributed by atoms with E-state index in [-0.39, 0.29) is 11.9 Å². The van der Waals surface area contributed by atoms with E-state index >= 15 is 0 Å². The molecular weight excluding hydrogens is 456 g/mol. The van der Waals surface area contributed by atoms with Crippen LogP contribution >= 0.6 is 0 Å². The molecule has 0 atom stereocenters. The Morgan fingerprint density at radius 1 is 0.611 bits per heavy atom. The molecule has 8 heteroatoms. The van der Waals surface area contributed by atoms with Crippen molar-refractivity contribution in [3.63, 3.8) is 0 Å². The van der Waals surface area contributed by atoms with Crippen molar-refractivity contribution in [1.82, 2.24) is 19.9 Å². The lowest BCUT2D eigenvalue weighted by atomic mass is 10.1. The molecule has 0 fully saturated rings. The van der Waals surface area contributed by atoms with Crippen molar-refractivity contribution < 1.29 is 19.1 Å². The summed E-state index contributed by atoms with van der Waals surface area (Å²) in [5.41, 5.74) is 5.11. The normalized spacial score (nSPS) is 10.7. The Kier molecular flexibility index (Phi) is 6.15. The van der Waals surface area contributed by atoms with Gasteiger partial charge in [-0.1, -0.05) is 42.5 Å². The van der Waals surface area contributed by atoms with Gasteiger partial charge in [0.25, 0.3) is 0 Å². The molecule has 2 N–H and O–H groups in total. The molecule has 0 saturated carbocycles. The van der Waals surface area contributed by atoms with Gasteiger partial charge in [-0.3, -0.25) is 9.59 Å². The number of carbonyl (C=O) groups is 2. The standard InChI is InChI=1S/C28H22N4O4/c1-17(33)35-23-10-4-6-19(13-23)25-15-29-27(31-25)21-8-3-9-22(12-21)28-30-16-26(32-28)20-7-5-11-24(14-20)36-18(2)34/h3-16H,1-2H3,(H,29,31)(H,30,32). The first-order chi connectivity index (χ1) is 17.4. The third kappa shape index (κ3) is 5.07. The van der Waals surface area contributed by atoms with Crippen molar-refractivity contribution in [2.45, 2.75) is 13.8 Å². The second-order valence-corrected chi connectivity index (χ2v) is 8.11. The zero-order valence-corrected chi connectivity index (χ0v) is 19.6. The second kappa shape index (κ2) is 9.71. The van der Waals surface area contributed by atoms with Gasteiger partial charge in [0.2, 0.25) is 0 Å². The van der Waals surface area contributed by atoms with E-state index in [9.17, 15) is 9.59 Å². The first-order valence-electron chi connectivity index (χ1n) is 11.2. The summed E-state index contributed by atoms with van der Waals surface area (Å²) in [7, 11) is 0. The van der Waals surface area contributed by atoms with Gasteiger partial charge in [-0.15, -0.1) is 0 Å². The smallest absolute Gasteiger partial charge is 0.308 e. The summed E-state index contributed by atoms with van der Waals surface area (Å²) in [5, 5.41) is 0. The van der Waals surface area contributed by atoms with Crippen LogP contribution in [-0.2, 0) is 9.59 Å². The number of hydrogen-bond donors (Lipinski definition) is 2. The van der Waals surface area contributed by atoms with E-state index in [4.69, 9.17) is 9.47 Å². The average Bonchev–Trinajstić information content (AvgIpc) is 3.55. The van der Waals surface area contributed by atoms with E-state index in [2.05, 4.69) is 19.9 Å². The lowest BCUT2D eigenvalue weighted by molar-refractivity contribution is -0.132. The van der Waals surface area contributed by atoms with Gasteiger partial charge >= 0.3 is 11.9 Å². The van der Waals surface area contributed by atoms with Crippen LogP contribution in [0, 0.1) is 0 Å². The molecule has 36 heavy (non-hydrogen) atoms. The number of carbonyl (C=O) groups excluding carboxylic acids is 2. The Hall–Kier alpha value is -4.98. The SMILES string of the molecule is CC(=O)Oc1cccc(-c2cnc(-c3cccc(-c4ncc(-c5cccc(OC(C)=O)c5)[nH]4)c3)[nH]2)c1. The molecule has 2 aromatic heterocycles. The van der Waals surface area contributed by atoms with Crippen LogP contribution in [0.4, 0.5) is 0 Å². The minimum Gasteiger partial charge on any atom is -0.427 e. The van der Waals surface area contributed by atoms with Crippen LogP contribution in [0.2, 0.25) is 0 Å². The second-order valence-electron chi connectivity index (χ2n) is 8.11. The molecule has 0 amide bonds. The highest BCUT2D eigenvalue weighted by Gasteiger charge is 2.11. The van der Waals surface area contributed by atoms with Crippen molar-refractivity contribution >= 4 is 11.9 Å². The van der Waals surface area contributed by atoms with Crippen molar-refractivity contribution in [2.75, 3.05) is 0 Å². The van der Waals surface area contributed by atoms with E-state index in [0.29, 0.717) is 23.1 Å². The number of esters is 2. The number of imidazole rings is 2. The topological polar surface area (TPSA) is 110 Å². The summed E-state index contributed by atoms with van der Waals surface area (Å²) in [6, 6.07) is 22.4. The molecule has 2 heterocycles. The number of benzene rings is 3. The van der Waals surface area contributed by atoms with E-state index in [0.717, 1.165) is 33.6 Å². The average molecular weight is 479 g/mol. The molecule has 0 aliphatic rings. The van der Waals surface area contributed by atoms with Crippen molar-refractivity contribution in [3.05, 3.63) is 85.2 Å². The minimum atomic E-state index is -0.368.